The number of benzene rings is 2. The van der Waals surface area contributed by atoms with E-state index in [1.807, 2.05) is 34.9 Å². The van der Waals surface area contributed by atoms with Gasteiger partial charge in [-0.1, -0.05) is 62.4 Å². The van der Waals surface area contributed by atoms with Crippen molar-refractivity contribution in [2.75, 3.05) is 5.75 Å². The number of nitrogens with one attached hydrogen (secondary N) is 1. The summed E-state index contributed by atoms with van der Waals surface area (Å²) < 4.78 is 25.3. The van der Waals surface area contributed by atoms with Crippen LogP contribution < -0.4 is 10.5 Å². The lowest BCUT2D eigenvalue weighted by atomic mass is 10.0. The molecule has 0 aliphatic heterocycles. The van der Waals surface area contributed by atoms with E-state index in [0.29, 0.717) is 10.7 Å². The monoisotopic (exact) mass is 460 g/mol. The number of carbonyl (C=O) groups is 1. The van der Waals surface area contributed by atoms with Crippen molar-refractivity contribution >= 4 is 38.7 Å². The first kappa shape index (κ1) is 23.3. The summed E-state index contributed by atoms with van der Waals surface area (Å²) in [5.74, 6) is 0.162. The maximum Gasteiger partial charge on any atom is 0.238 e. The Labute approximate surface area is 187 Å². The number of carbonyl (C=O) groups excluding carboxylic acids is 1. The van der Waals surface area contributed by atoms with Crippen LogP contribution in [0.2, 0.25) is 0 Å². The Hall–Kier alpha value is -2.36. The zero-order valence-electron chi connectivity index (χ0n) is 17.7. The predicted molar refractivity (Wildman–Crippen MR) is 124 cm³/mol. The van der Waals surface area contributed by atoms with Crippen molar-refractivity contribution in [1.82, 2.24) is 14.9 Å². The standard InChI is InChI=1S/C22H28N4O3S2/c1-3-8-18(16-9-6-5-7-10-16)24-21(27)15-30-22-25-19-14-17(31(23,28)29)11-12-20(19)26(22)13-4-2/h5-7,9-12,14,18H,3-4,8,13,15H2,1-2H3,(H,24,27)(H2,23,28,29). The van der Waals surface area contributed by atoms with E-state index >= 15 is 0 Å². The molecule has 3 rings (SSSR count). The molecule has 31 heavy (non-hydrogen) atoms. The summed E-state index contributed by atoms with van der Waals surface area (Å²) in [4.78, 5) is 17.3. The van der Waals surface area contributed by atoms with Gasteiger partial charge in [-0.3, -0.25) is 4.79 Å². The van der Waals surface area contributed by atoms with E-state index in [1.165, 1.54) is 23.9 Å². The number of aryl methyl sites for hydroxylation is 1. The second kappa shape index (κ2) is 10.3. The molecule has 1 heterocycles. The number of amides is 1. The predicted octanol–water partition coefficient (Wildman–Crippen LogP) is 3.84. The second-order valence-corrected chi connectivity index (χ2v) is 9.85. The summed E-state index contributed by atoms with van der Waals surface area (Å²) in [7, 11) is -3.80. The molecule has 0 radical (unpaired) electrons. The summed E-state index contributed by atoms with van der Waals surface area (Å²) in [6, 6.07) is 14.6. The minimum Gasteiger partial charge on any atom is -0.349 e. The highest BCUT2D eigenvalue weighted by Crippen LogP contribution is 2.27. The van der Waals surface area contributed by atoms with Crippen LogP contribution in [0.5, 0.6) is 0 Å². The first-order valence-corrected chi connectivity index (χ1v) is 12.9. The second-order valence-electron chi connectivity index (χ2n) is 7.35. The van der Waals surface area contributed by atoms with Gasteiger partial charge in [-0.15, -0.1) is 0 Å². The molecule has 0 saturated heterocycles. The minimum atomic E-state index is -3.80. The van der Waals surface area contributed by atoms with Crippen molar-refractivity contribution in [3.63, 3.8) is 0 Å². The Bertz CT molecular complexity index is 1140. The molecule has 3 N–H and O–H groups in total. The van der Waals surface area contributed by atoms with E-state index in [0.717, 1.165) is 36.9 Å². The number of rotatable bonds is 10. The van der Waals surface area contributed by atoms with Gasteiger partial charge in [0, 0.05) is 6.54 Å². The minimum absolute atomic E-state index is 0.0222. The van der Waals surface area contributed by atoms with Crippen molar-refractivity contribution in [2.45, 2.75) is 55.7 Å². The largest absolute Gasteiger partial charge is 0.349 e. The first-order valence-electron chi connectivity index (χ1n) is 10.3. The summed E-state index contributed by atoms with van der Waals surface area (Å²) in [6.45, 7) is 4.87. The lowest BCUT2D eigenvalue weighted by Gasteiger charge is -2.18. The number of hydrogen-bond acceptors (Lipinski definition) is 5. The van der Waals surface area contributed by atoms with Gasteiger partial charge >= 0.3 is 0 Å². The van der Waals surface area contributed by atoms with Crippen molar-refractivity contribution < 1.29 is 13.2 Å². The summed E-state index contributed by atoms with van der Waals surface area (Å²) in [5, 5.41) is 9.06. The van der Waals surface area contributed by atoms with Gasteiger partial charge in [0.05, 0.1) is 27.7 Å². The molecule has 7 nitrogen and oxygen atoms in total. The third-order valence-electron chi connectivity index (χ3n) is 4.91. The van der Waals surface area contributed by atoms with Gasteiger partial charge in [0.25, 0.3) is 0 Å². The van der Waals surface area contributed by atoms with Gasteiger partial charge in [-0.2, -0.15) is 0 Å². The van der Waals surface area contributed by atoms with Crippen LogP contribution in [0.25, 0.3) is 11.0 Å². The molecule has 0 fully saturated rings. The maximum absolute atomic E-state index is 12.7. The number of hydrogen-bond donors (Lipinski definition) is 2. The maximum atomic E-state index is 12.7. The van der Waals surface area contributed by atoms with Crippen LogP contribution in [0, 0.1) is 0 Å². The Balaban J connectivity index is 1.77. The average Bonchev–Trinajstić information content (AvgIpc) is 3.09. The first-order chi connectivity index (χ1) is 14.8. The molecule has 1 unspecified atom stereocenters. The quantitative estimate of drug-likeness (QED) is 0.447. The highest BCUT2D eigenvalue weighted by molar-refractivity contribution is 7.99. The number of imidazole rings is 1. The van der Waals surface area contributed by atoms with Crippen LogP contribution in [-0.4, -0.2) is 29.6 Å². The van der Waals surface area contributed by atoms with E-state index in [9.17, 15) is 13.2 Å². The summed E-state index contributed by atoms with van der Waals surface area (Å²) in [6.07, 6.45) is 2.71. The van der Waals surface area contributed by atoms with Crippen LogP contribution in [0.4, 0.5) is 0 Å². The third-order valence-corrected chi connectivity index (χ3v) is 6.79. The van der Waals surface area contributed by atoms with Crippen LogP contribution >= 0.6 is 11.8 Å². The van der Waals surface area contributed by atoms with Crippen molar-refractivity contribution in [3.05, 3.63) is 54.1 Å². The molecule has 1 aromatic heterocycles. The molecule has 2 aromatic carbocycles. The Kier molecular flexibility index (Phi) is 7.74. The molecular formula is C22H28N4O3S2. The highest BCUT2D eigenvalue weighted by Gasteiger charge is 2.18. The fourth-order valence-electron chi connectivity index (χ4n) is 3.48. The summed E-state index contributed by atoms with van der Waals surface area (Å²) >= 11 is 1.35. The molecular weight excluding hydrogens is 432 g/mol. The normalized spacial score (nSPS) is 12.7. The number of sulfonamides is 1. The van der Waals surface area contributed by atoms with Gasteiger partial charge in [-0.25, -0.2) is 18.5 Å². The van der Waals surface area contributed by atoms with Crippen LogP contribution in [0.1, 0.15) is 44.7 Å². The molecule has 3 aromatic rings. The molecule has 0 bridgehead atoms. The summed E-state index contributed by atoms with van der Waals surface area (Å²) in [5.41, 5.74) is 2.47. The Morgan fingerprint density at radius 3 is 2.55 bits per heavy atom. The number of aromatic nitrogens is 2. The third kappa shape index (κ3) is 5.87. The zero-order chi connectivity index (χ0) is 22.4. The van der Waals surface area contributed by atoms with E-state index < -0.39 is 10.0 Å². The average molecular weight is 461 g/mol. The lowest BCUT2D eigenvalue weighted by Crippen LogP contribution is -2.30. The van der Waals surface area contributed by atoms with E-state index in [4.69, 9.17) is 5.14 Å². The fourth-order valence-corrected chi connectivity index (χ4v) is 4.86. The number of nitrogens with zero attached hydrogens (tertiary/aromatic N) is 2. The highest BCUT2D eigenvalue weighted by atomic mass is 32.2. The molecule has 166 valence electrons. The van der Waals surface area contributed by atoms with Crippen LogP contribution in [-0.2, 0) is 21.4 Å². The Morgan fingerprint density at radius 1 is 1.16 bits per heavy atom. The van der Waals surface area contributed by atoms with Crippen LogP contribution in [0.3, 0.4) is 0 Å². The molecule has 0 aliphatic rings. The number of thioether (sulfide) groups is 1. The van der Waals surface area contributed by atoms with E-state index in [-0.39, 0.29) is 22.6 Å². The molecule has 0 saturated carbocycles. The molecule has 0 spiro atoms. The van der Waals surface area contributed by atoms with Crippen LogP contribution in [0.15, 0.2) is 58.6 Å². The fraction of sp³-hybridized carbons (Fsp3) is 0.364. The van der Waals surface area contributed by atoms with Gasteiger partial charge in [0.15, 0.2) is 5.16 Å². The van der Waals surface area contributed by atoms with Crippen molar-refractivity contribution in [2.24, 2.45) is 5.14 Å². The lowest BCUT2D eigenvalue weighted by molar-refractivity contribution is -0.119. The SMILES string of the molecule is CCCC(NC(=O)CSc1nc2cc(S(N)(=O)=O)ccc2n1CCC)c1ccccc1. The van der Waals surface area contributed by atoms with E-state index in [1.54, 1.807) is 6.07 Å². The molecule has 0 aliphatic carbocycles. The topological polar surface area (TPSA) is 107 Å². The van der Waals surface area contributed by atoms with Crippen molar-refractivity contribution in [3.8, 4) is 0 Å². The smallest absolute Gasteiger partial charge is 0.238 e. The number of primary sulfonamides is 1. The van der Waals surface area contributed by atoms with Gasteiger partial charge in [0.2, 0.25) is 15.9 Å². The van der Waals surface area contributed by atoms with Gasteiger partial charge < -0.3 is 9.88 Å². The Morgan fingerprint density at radius 2 is 1.90 bits per heavy atom. The molecule has 1 atom stereocenters. The molecule has 1 amide bonds. The van der Waals surface area contributed by atoms with Gasteiger partial charge in [-0.05, 0) is 36.6 Å². The number of nitrogens with two attached hydrogens (primary N) is 1. The zero-order valence-corrected chi connectivity index (χ0v) is 19.4. The van der Waals surface area contributed by atoms with Gasteiger partial charge in [0.1, 0.15) is 0 Å². The van der Waals surface area contributed by atoms with Crippen molar-refractivity contribution in [1.29, 1.82) is 0 Å². The van der Waals surface area contributed by atoms with E-state index in [2.05, 4.69) is 24.1 Å². The number of fused-ring (bicyclic) bond motifs is 1. The molecule has 9 heteroatoms.